The summed E-state index contributed by atoms with van der Waals surface area (Å²) in [5, 5.41) is 13.2. The maximum Gasteiger partial charge on any atom is 0.335 e. The second-order valence-electron chi connectivity index (χ2n) is 4.52. The van der Waals surface area contributed by atoms with Gasteiger partial charge in [0, 0.05) is 5.02 Å². The topological polar surface area (TPSA) is 78.8 Å². The molecule has 0 saturated carbocycles. The Morgan fingerprint density at radius 2 is 1.73 bits per heavy atom. The summed E-state index contributed by atoms with van der Waals surface area (Å²) >= 11 is 5.77. The third kappa shape index (κ3) is 4.71. The van der Waals surface area contributed by atoms with Crippen LogP contribution in [-0.2, 0) is 11.2 Å². The number of nitrogens with one attached hydrogen (secondary N) is 1. The van der Waals surface area contributed by atoms with Crippen LogP contribution in [0, 0.1) is 0 Å². The summed E-state index contributed by atoms with van der Waals surface area (Å²) in [5.74, 6) is -1.24. The molecule has 0 unspecified atom stereocenters. The van der Waals surface area contributed by atoms with Gasteiger partial charge in [0.1, 0.15) is 0 Å². The average Bonchev–Trinajstić information content (AvgIpc) is 2.50. The fourth-order valence-corrected chi connectivity index (χ4v) is 1.84. The lowest BCUT2D eigenvalue weighted by molar-refractivity contribution is -0.120. The summed E-state index contributed by atoms with van der Waals surface area (Å²) in [6, 6.07) is 13.1. The molecule has 1 amide bonds. The average molecular weight is 317 g/mol. The first kappa shape index (κ1) is 15.7. The van der Waals surface area contributed by atoms with Crippen molar-refractivity contribution in [3.8, 4) is 0 Å². The number of benzene rings is 2. The molecule has 0 saturated heterocycles. The number of halogens is 1. The molecule has 0 aliphatic carbocycles. The van der Waals surface area contributed by atoms with E-state index in [9.17, 15) is 9.59 Å². The normalized spacial score (nSPS) is 10.6. The summed E-state index contributed by atoms with van der Waals surface area (Å²) in [6.07, 6.45) is 1.65. The van der Waals surface area contributed by atoms with Crippen molar-refractivity contribution in [1.29, 1.82) is 0 Å². The largest absolute Gasteiger partial charge is 0.478 e. The fourth-order valence-electron chi connectivity index (χ4n) is 1.72. The summed E-state index contributed by atoms with van der Waals surface area (Å²) in [5.41, 5.74) is 4.14. The molecule has 0 spiro atoms. The van der Waals surface area contributed by atoms with Gasteiger partial charge in [-0.25, -0.2) is 10.2 Å². The van der Waals surface area contributed by atoms with Crippen LogP contribution in [0.15, 0.2) is 53.6 Å². The molecule has 0 fully saturated rings. The van der Waals surface area contributed by atoms with Crippen LogP contribution >= 0.6 is 11.6 Å². The summed E-state index contributed by atoms with van der Waals surface area (Å²) in [7, 11) is 0. The number of rotatable bonds is 5. The molecule has 5 nitrogen and oxygen atoms in total. The van der Waals surface area contributed by atoms with E-state index in [2.05, 4.69) is 10.5 Å². The van der Waals surface area contributed by atoms with Gasteiger partial charge in [-0.05, 0) is 35.4 Å². The number of amides is 1. The van der Waals surface area contributed by atoms with Gasteiger partial charge in [0.25, 0.3) is 0 Å². The Hall–Kier alpha value is -2.66. The van der Waals surface area contributed by atoms with Crippen LogP contribution in [0.4, 0.5) is 0 Å². The number of hydrogen-bond donors (Lipinski definition) is 2. The molecule has 2 aromatic rings. The second kappa shape index (κ2) is 7.38. The van der Waals surface area contributed by atoms with Crippen molar-refractivity contribution >= 4 is 29.7 Å². The van der Waals surface area contributed by atoms with E-state index < -0.39 is 5.97 Å². The fraction of sp³-hybridized carbons (Fsp3) is 0.0625. The van der Waals surface area contributed by atoms with Gasteiger partial charge in [0.15, 0.2) is 0 Å². The van der Waals surface area contributed by atoms with E-state index in [1.807, 2.05) is 0 Å². The lowest BCUT2D eigenvalue weighted by Gasteiger charge is -2.01. The van der Waals surface area contributed by atoms with E-state index in [4.69, 9.17) is 16.7 Å². The molecule has 6 heteroatoms. The van der Waals surface area contributed by atoms with Crippen molar-refractivity contribution < 1.29 is 14.7 Å². The van der Waals surface area contributed by atoms with E-state index in [1.165, 1.54) is 18.3 Å². The Morgan fingerprint density at radius 1 is 1.09 bits per heavy atom. The first-order valence-electron chi connectivity index (χ1n) is 6.44. The molecule has 0 aromatic heterocycles. The Kier molecular flexibility index (Phi) is 5.27. The van der Waals surface area contributed by atoms with Gasteiger partial charge in [0.2, 0.25) is 5.91 Å². The maximum atomic E-state index is 11.7. The highest BCUT2D eigenvalue weighted by molar-refractivity contribution is 6.30. The standard InChI is InChI=1S/C16H13ClN2O3/c17-14-7-3-11(4-8-14)9-15(20)19-18-10-12-1-5-13(6-2-12)16(21)22/h1-8,10H,9H2,(H,19,20)(H,21,22)/b18-10+. The third-order valence-corrected chi connectivity index (χ3v) is 3.09. The van der Waals surface area contributed by atoms with Crippen molar-refractivity contribution in [1.82, 2.24) is 5.43 Å². The van der Waals surface area contributed by atoms with Crippen molar-refractivity contribution in [3.05, 3.63) is 70.2 Å². The predicted octanol–water partition coefficient (Wildman–Crippen LogP) is 2.73. The Bertz CT molecular complexity index is 694. The van der Waals surface area contributed by atoms with Gasteiger partial charge in [-0.1, -0.05) is 35.9 Å². The van der Waals surface area contributed by atoms with Gasteiger partial charge in [-0.2, -0.15) is 5.10 Å². The van der Waals surface area contributed by atoms with E-state index in [0.717, 1.165) is 5.56 Å². The molecule has 22 heavy (non-hydrogen) atoms. The second-order valence-corrected chi connectivity index (χ2v) is 4.96. The lowest BCUT2D eigenvalue weighted by atomic mass is 10.1. The van der Waals surface area contributed by atoms with Crippen LogP contribution < -0.4 is 5.43 Å². The molecule has 0 bridgehead atoms. The first-order valence-corrected chi connectivity index (χ1v) is 6.82. The van der Waals surface area contributed by atoms with Crippen molar-refractivity contribution in [2.45, 2.75) is 6.42 Å². The van der Waals surface area contributed by atoms with Crippen LogP contribution in [0.2, 0.25) is 5.02 Å². The SMILES string of the molecule is O=C(Cc1ccc(Cl)cc1)N/N=C/c1ccc(C(=O)O)cc1. The molecule has 112 valence electrons. The third-order valence-electron chi connectivity index (χ3n) is 2.84. The highest BCUT2D eigenvalue weighted by atomic mass is 35.5. The van der Waals surface area contributed by atoms with Crippen LogP contribution in [0.3, 0.4) is 0 Å². The molecular weight excluding hydrogens is 304 g/mol. The number of hydrazone groups is 1. The first-order chi connectivity index (χ1) is 10.5. The molecule has 2 N–H and O–H groups in total. The Balaban J connectivity index is 1.87. The Labute approximate surface area is 132 Å². The highest BCUT2D eigenvalue weighted by Crippen LogP contribution is 2.09. The number of nitrogens with zero attached hydrogens (tertiary/aromatic N) is 1. The number of carboxylic acid groups (broad SMARTS) is 1. The zero-order chi connectivity index (χ0) is 15.9. The molecule has 2 aromatic carbocycles. The number of hydrogen-bond acceptors (Lipinski definition) is 3. The van der Waals surface area contributed by atoms with E-state index >= 15 is 0 Å². The molecule has 0 aliphatic heterocycles. The molecule has 2 rings (SSSR count). The van der Waals surface area contributed by atoms with E-state index in [-0.39, 0.29) is 17.9 Å². The number of carboxylic acids is 1. The molecule has 0 atom stereocenters. The lowest BCUT2D eigenvalue weighted by Crippen LogP contribution is -2.19. The van der Waals surface area contributed by atoms with Crippen molar-refractivity contribution in [3.63, 3.8) is 0 Å². The van der Waals surface area contributed by atoms with Gasteiger partial charge >= 0.3 is 5.97 Å². The molecule has 0 heterocycles. The summed E-state index contributed by atoms with van der Waals surface area (Å²) in [4.78, 5) is 22.4. The monoisotopic (exact) mass is 316 g/mol. The predicted molar refractivity (Wildman–Crippen MR) is 84.3 cm³/mol. The molecule has 0 radical (unpaired) electrons. The van der Waals surface area contributed by atoms with Crippen LogP contribution in [0.5, 0.6) is 0 Å². The minimum absolute atomic E-state index is 0.198. The molecular formula is C16H13ClN2O3. The van der Waals surface area contributed by atoms with Gasteiger partial charge in [-0.15, -0.1) is 0 Å². The number of carbonyl (C=O) groups excluding carboxylic acids is 1. The van der Waals surface area contributed by atoms with Crippen molar-refractivity contribution in [2.24, 2.45) is 5.10 Å². The smallest absolute Gasteiger partial charge is 0.335 e. The minimum Gasteiger partial charge on any atom is -0.478 e. The number of carbonyl (C=O) groups is 2. The number of aromatic carboxylic acids is 1. The van der Waals surface area contributed by atoms with Crippen LogP contribution in [0.25, 0.3) is 0 Å². The highest BCUT2D eigenvalue weighted by Gasteiger charge is 2.02. The van der Waals surface area contributed by atoms with E-state index in [1.54, 1.807) is 36.4 Å². The zero-order valence-electron chi connectivity index (χ0n) is 11.5. The molecule has 0 aliphatic rings. The van der Waals surface area contributed by atoms with Gasteiger partial charge < -0.3 is 5.11 Å². The van der Waals surface area contributed by atoms with Gasteiger partial charge in [0.05, 0.1) is 18.2 Å². The van der Waals surface area contributed by atoms with Crippen LogP contribution in [0.1, 0.15) is 21.5 Å². The van der Waals surface area contributed by atoms with Crippen molar-refractivity contribution in [2.75, 3.05) is 0 Å². The van der Waals surface area contributed by atoms with Gasteiger partial charge in [-0.3, -0.25) is 4.79 Å². The quantitative estimate of drug-likeness (QED) is 0.657. The Morgan fingerprint density at radius 3 is 2.32 bits per heavy atom. The summed E-state index contributed by atoms with van der Waals surface area (Å²) in [6.45, 7) is 0. The maximum absolute atomic E-state index is 11.7. The summed E-state index contributed by atoms with van der Waals surface area (Å²) < 4.78 is 0. The minimum atomic E-state index is -0.986. The van der Waals surface area contributed by atoms with E-state index in [0.29, 0.717) is 10.6 Å². The zero-order valence-corrected chi connectivity index (χ0v) is 12.2. The van der Waals surface area contributed by atoms with Crippen LogP contribution in [-0.4, -0.2) is 23.2 Å².